The maximum absolute atomic E-state index is 5.64. The third-order valence-corrected chi connectivity index (χ3v) is 1.91. The fourth-order valence-electron chi connectivity index (χ4n) is 1.28. The van der Waals surface area contributed by atoms with Gasteiger partial charge in [-0.25, -0.2) is 0 Å². The summed E-state index contributed by atoms with van der Waals surface area (Å²) in [6.45, 7) is 0. The number of fused-ring (bicyclic) bond motifs is 1. The molecule has 0 saturated carbocycles. The van der Waals surface area contributed by atoms with Crippen molar-refractivity contribution in [3.8, 4) is 0 Å². The maximum atomic E-state index is 5.64. The molecule has 1 heterocycles. The lowest BCUT2D eigenvalue weighted by Crippen LogP contribution is -2.00. The third-order valence-electron chi connectivity index (χ3n) is 1.91. The molecule has 0 N–H and O–H groups in total. The number of benzene rings is 1. The van der Waals surface area contributed by atoms with Gasteiger partial charge in [0.15, 0.2) is 0 Å². The van der Waals surface area contributed by atoms with E-state index in [1.165, 1.54) is 10.9 Å². The molecular formula is C9H8BN. The first-order chi connectivity index (χ1) is 5.27. The van der Waals surface area contributed by atoms with Gasteiger partial charge in [0.05, 0.1) is 0 Å². The molecule has 0 amide bonds. The SMILES string of the molecule is [B]c1ccc2ccn(C)c2c1. The zero-order chi connectivity index (χ0) is 7.84. The Morgan fingerprint density at radius 3 is 2.91 bits per heavy atom. The van der Waals surface area contributed by atoms with Gasteiger partial charge in [-0.3, -0.25) is 0 Å². The first-order valence-corrected chi connectivity index (χ1v) is 3.58. The van der Waals surface area contributed by atoms with E-state index in [0.717, 1.165) is 5.46 Å². The van der Waals surface area contributed by atoms with Gasteiger partial charge in [-0.1, -0.05) is 17.6 Å². The molecule has 0 aliphatic heterocycles. The first-order valence-electron chi connectivity index (χ1n) is 3.58. The molecule has 0 bridgehead atoms. The highest BCUT2D eigenvalue weighted by molar-refractivity contribution is 6.33. The van der Waals surface area contributed by atoms with Gasteiger partial charge in [-0.15, -0.1) is 0 Å². The molecule has 1 nitrogen and oxygen atoms in total. The van der Waals surface area contributed by atoms with Crippen LogP contribution in [0.2, 0.25) is 0 Å². The molecular weight excluding hydrogens is 133 g/mol. The van der Waals surface area contributed by atoms with E-state index in [9.17, 15) is 0 Å². The molecule has 11 heavy (non-hydrogen) atoms. The van der Waals surface area contributed by atoms with Gasteiger partial charge in [0.1, 0.15) is 7.85 Å². The summed E-state index contributed by atoms with van der Waals surface area (Å²) in [6.07, 6.45) is 2.03. The molecule has 0 fully saturated rings. The molecule has 0 aliphatic rings. The molecule has 2 heteroatoms. The highest BCUT2D eigenvalue weighted by Gasteiger charge is 1.95. The van der Waals surface area contributed by atoms with Crippen LogP contribution in [-0.2, 0) is 7.05 Å². The molecule has 0 saturated heterocycles. The number of aromatic nitrogens is 1. The van der Waals surface area contributed by atoms with Crippen LogP contribution in [0.4, 0.5) is 0 Å². The van der Waals surface area contributed by atoms with Crippen LogP contribution < -0.4 is 5.46 Å². The highest BCUT2D eigenvalue weighted by atomic mass is 14.9. The van der Waals surface area contributed by atoms with Gasteiger partial charge >= 0.3 is 0 Å². The molecule has 0 unspecified atom stereocenters. The smallest absolute Gasteiger partial charge is 0.113 e. The summed E-state index contributed by atoms with van der Waals surface area (Å²) in [6, 6.07) is 8.01. The normalized spacial score (nSPS) is 10.6. The third kappa shape index (κ3) is 0.948. The van der Waals surface area contributed by atoms with E-state index in [-0.39, 0.29) is 0 Å². The maximum Gasteiger partial charge on any atom is 0.113 e. The van der Waals surface area contributed by atoms with Gasteiger partial charge in [-0.2, -0.15) is 0 Å². The predicted molar refractivity (Wildman–Crippen MR) is 48.3 cm³/mol. The van der Waals surface area contributed by atoms with Crippen molar-refractivity contribution in [2.24, 2.45) is 7.05 Å². The molecule has 2 aromatic rings. The molecule has 0 aliphatic carbocycles. The number of nitrogens with zero attached hydrogens (tertiary/aromatic N) is 1. The van der Waals surface area contributed by atoms with Crippen molar-refractivity contribution in [2.75, 3.05) is 0 Å². The Hall–Kier alpha value is -1.18. The van der Waals surface area contributed by atoms with E-state index in [1.807, 2.05) is 31.4 Å². The van der Waals surface area contributed by atoms with Crippen LogP contribution in [0.25, 0.3) is 10.9 Å². The molecule has 0 spiro atoms. The van der Waals surface area contributed by atoms with Crippen molar-refractivity contribution in [3.05, 3.63) is 30.5 Å². The van der Waals surface area contributed by atoms with E-state index in [2.05, 4.69) is 10.6 Å². The number of hydrogen-bond acceptors (Lipinski definition) is 0. The van der Waals surface area contributed by atoms with Crippen molar-refractivity contribution >= 4 is 24.2 Å². The zero-order valence-corrected chi connectivity index (χ0v) is 6.41. The second kappa shape index (κ2) is 2.16. The van der Waals surface area contributed by atoms with Crippen LogP contribution in [-0.4, -0.2) is 12.4 Å². The van der Waals surface area contributed by atoms with Crippen LogP contribution in [0.5, 0.6) is 0 Å². The summed E-state index contributed by atoms with van der Waals surface area (Å²) in [5, 5.41) is 1.24. The van der Waals surface area contributed by atoms with Crippen LogP contribution in [0, 0.1) is 0 Å². The minimum atomic E-state index is 0.819. The van der Waals surface area contributed by atoms with Crippen molar-refractivity contribution in [3.63, 3.8) is 0 Å². The van der Waals surface area contributed by atoms with Gasteiger partial charge in [-0.05, 0) is 17.5 Å². The summed E-state index contributed by atoms with van der Waals surface area (Å²) in [5.41, 5.74) is 2.00. The molecule has 2 rings (SSSR count). The Morgan fingerprint density at radius 1 is 1.27 bits per heavy atom. The number of rotatable bonds is 0. The van der Waals surface area contributed by atoms with Crippen LogP contribution in [0.1, 0.15) is 0 Å². The predicted octanol–water partition coefficient (Wildman–Crippen LogP) is 0.972. The second-order valence-corrected chi connectivity index (χ2v) is 2.74. The number of hydrogen-bond donors (Lipinski definition) is 0. The quantitative estimate of drug-likeness (QED) is 0.481. The van der Waals surface area contributed by atoms with Crippen molar-refractivity contribution < 1.29 is 0 Å². The lowest BCUT2D eigenvalue weighted by molar-refractivity contribution is 0.970. The average molecular weight is 141 g/mol. The summed E-state index contributed by atoms with van der Waals surface area (Å²) >= 11 is 0. The lowest BCUT2D eigenvalue weighted by Gasteiger charge is -1.96. The van der Waals surface area contributed by atoms with Crippen LogP contribution >= 0.6 is 0 Å². The van der Waals surface area contributed by atoms with Crippen molar-refractivity contribution in [1.82, 2.24) is 4.57 Å². The van der Waals surface area contributed by atoms with E-state index in [1.54, 1.807) is 0 Å². The first kappa shape index (κ1) is 6.53. The van der Waals surface area contributed by atoms with Gasteiger partial charge in [0, 0.05) is 18.8 Å². The average Bonchev–Trinajstić information content (AvgIpc) is 2.33. The van der Waals surface area contributed by atoms with E-state index in [0.29, 0.717) is 0 Å². The monoisotopic (exact) mass is 141 g/mol. The molecule has 52 valence electrons. The van der Waals surface area contributed by atoms with E-state index >= 15 is 0 Å². The fourth-order valence-corrected chi connectivity index (χ4v) is 1.28. The van der Waals surface area contributed by atoms with Gasteiger partial charge in [0.2, 0.25) is 0 Å². The summed E-state index contributed by atoms with van der Waals surface area (Å²) in [4.78, 5) is 0. The molecule has 2 radical (unpaired) electrons. The summed E-state index contributed by atoms with van der Waals surface area (Å²) < 4.78 is 2.06. The zero-order valence-electron chi connectivity index (χ0n) is 6.41. The molecule has 0 atom stereocenters. The minimum absolute atomic E-state index is 0.819. The standard InChI is InChI=1S/C9H8BN/c1-11-5-4-7-2-3-8(10)6-9(7)11/h2-6H,1H3. The van der Waals surface area contributed by atoms with E-state index in [4.69, 9.17) is 7.85 Å². The van der Waals surface area contributed by atoms with Crippen molar-refractivity contribution in [1.29, 1.82) is 0 Å². The van der Waals surface area contributed by atoms with Gasteiger partial charge in [0.25, 0.3) is 0 Å². The summed E-state index contributed by atoms with van der Waals surface area (Å²) in [7, 11) is 7.65. The molecule has 1 aromatic heterocycles. The summed E-state index contributed by atoms with van der Waals surface area (Å²) in [5.74, 6) is 0. The van der Waals surface area contributed by atoms with Crippen LogP contribution in [0.3, 0.4) is 0 Å². The molecule has 1 aromatic carbocycles. The second-order valence-electron chi connectivity index (χ2n) is 2.74. The van der Waals surface area contributed by atoms with Gasteiger partial charge < -0.3 is 4.57 Å². The van der Waals surface area contributed by atoms with E-state index < -0.39 is 0 Å². The van der Waals surface area contributed by atoms with Crippen LogP contribution in [0.15, 0.2) is 30.5 Å². The lowest BCUT2D eigenvalue weighted by atomic mass is 9.95. The number of aryl methyl sites for hydroxylation is 1. The Labute approximate surface area is 67.0 Å². The Balaban J connectivity index is 2.87. The Kier molecular flexibility index (Phi) is 1.28. The van der Waals surface area contributed by atoms with Crippen molar-refractivity contribution in [2.45, 2.75) is 0 Å². The minimum Gasteiger partial charge on any atom is -0.351 e. The highest BCUT2D eigenvalue weighted by Crippen LogP contribution is 2.11. The Morgan fingerprint density at radius 2 is 2.09 bits per heavy atom. The largest absolute Gasteiger partial charge is 0.351 e. The Bertz CT molecular complexity index is 389. The fraction of sp³-hybridized carbons (Fsp3) is 0.111. The topological polar surface area (TPSA) is 4.93 Å².